The maximum absolute atomic E-state index is 13.4. The van der Waals surface area contributed by atoms with Crippen LogP contribution in [-0.2, 0) is 5.54 Å². The highest BCUT2D eigenvalue weighted by atomic mass is 19.1. The summed E-state index contributed by atoms with van der Waals surface area (Å²) in [5.74, 6) is -1.37. The molecule has 1 unspecified atom stereocenters. The fourth-order valence-corrected chi connectivity index (χ4v) is 1.32. The summed E-state index contributed by atoms with van der Waals surface area (Å²) in [5.41, 5.74) is 10.0. The van der Waals surface area contributed by atoms with Crippen LogP contribution in [0.1, 0.15) is 25.8 Å². The second-order valence-electron chi connectivity index (χ2n) is 3.63. The molecule has 14 heavy (non-hydrogen) atoms. The van der Waals surface area contributed by atoms with E-state index in [1.165, 1.54) is 0 Å². The predicted octanol–water partition coefficient (Wildman–Crippen LogP) is 2.13. The van der Waals surface area contributed by atoms with E-state index in [0.717, 1.165) is 12.1 Å². The van der Waals surface area contributed by atoms with Crippen LogP contribution >= 0.6 is 0 Å². The zero-order chi connectivity index (χ0) is 10.9. The average molecular weight is 200 g/mol. The van der Waals surface area contributed by atoms with Crippen LogP contribution in [-0.4, -0.2) is 0 Å². The van der Waals surface area contributed by atoms with E-state index in [0.29, 0.717) is 6.42 Å². The molecule has 0 aliphatic heterocycles. The monoisotopic (exact) mass is 200 g/mol. The maximum Gasteiger partial charge on any atom is 0.133 e. The minimum Gasteiger partial charge on any atom is -0.399 e. The van der Waals surface area contributed by atoms with Gasteiger partial charge in [0.05, 0.1) is 0 Å². The highest BCUT2D eigenvalue weighted by molar-refractivity contribution is 5.43. The zero-order valence-corrected chi connectivity index (χ0v) is 8.27. The van der Waals surface area contributed by atoms with Crippen molar-refractivity contribution < 1.29 is 8.78 Å². The summed E-state index contributed by atoms with van der Waals surface area (Å²) in [7, 11) is 0. The molecular formula is C10H14F2N2. The Morgan fingerprint density at radius 2 is 1.71 bits per heavy atom. The van der Waals surface area contributed by atoms with Gasteiger partial charge in [0.15, 0.2) is 0 Å². The SMILES string of the molecule is CCC(C)(N)c1c(F)cc(N)cc1F. The first-order valence-electron chi connectivity index (χ1n) is 4.42. The molecule has 0 amide bonds. The molecule has 0 spiro atoms. The zero-order valence-electron chi connectivity index (χ0n) is 8.27. The maximum atomic E-state index is 13.4. The van der Waals surface area contributed by atoms with Gasteiger partial charge in [-0.3, -0.25) is 0 Å². The van der Waals surface area contributed by atoms with E-state index < -0.39 is 17.2 Å². The minimum absolute atomic E-state index is 0.0654. The van der Waals surface area contributed by atoms with E-state index in [9.17, 15) is 8.78 Å². The Morgan fingerprint density at radius 3 is 2.07 bits per heavy atom. The number of anilines is 1. The molecule has 0 aromatic heterocycles. The smallest absolute Gasteiger partial charge is 0.133 e. The van der Waals surface area contributed by atoms with Gasteiger partial charge in [0.25, 0.3) is 0 Å². The second kappa shape index (κ2) is 3.53. The third kappa shape index (κ3) is 1.85. The normalized spacial score (nSPS) is 15.2. The molecule has 78 valence electrons. The summed E-state index contributed by atoms with van der Waals surface area (Å²) in [5, 5.41) is 0. The van der Waals surface area contributed by atoms with Crippen LogP contribution in [0, 0.1) is 11.6 Å². The Kier molecular flexibility index (Phi) is 2.76. The molecule has 0 aliphatic carbocycles. The van der Waals surface area contributed by atoms with Gasteiger partial charge in [0, 0.05) is 16.8 Å². The lowest BCUT2D eigenvalue weighted by molar-refractivity contribution is 0.416. The number of hydrogen-bond donors (Lipinski definition) is 2. The topological polar surface area (TPSA) is 52.0 Å². The lowest BCUT2D eigenvalue weighted by atomic mass is 9.89. The molecule has 0 radical (unpaired) electrons. The first-order valence-corrected chi connectivity index (χ1v) is 4.42. The van der Waals surface area contributed by atoms with Gasteiger partial charge in [-0.2, -0.15) is 0 Å². The summed E-state index contributed by atoms with van der Waals surface area (Å²) in [6, 6.07) is 2.17. The summed E-state index contributed by atoms with van der Waals surface area (Å²) >= 11 is 0. The van der Waals surface area contributed by atoms with Crippen LogP contribution in [0.3, 0.4) is 0 Å². The quantitative estimate of drug-likeness (QED) is 0.718. The van der Waals surface area contributed by atoms with Crippen LogP contribution in [0.4, 0.5) is 14.5 Å². The molecule has 0 heterocycles. The van der Waals surface area contributed by atoms with Crippen molar-refractivity contribution in [2.45, 2.75) is 25.8 Å². The van der Waals surface area contributed by atoms with E-state index >= 15 is 0 Å². The third-order valence-electron chi connectivity index (χ3n) is 2.37. The molecule has 0 bridgehead atoms. The molecule has 0 saturated carbocycles. The van der Waals surface area contributed by atoms with E-state index in [1.54, 1.807) is 13.8 Å². The van der Waals surface area contributed by atoms with E-state index in [4.69, 9.17) is 11.5 Å². The van der Waals surface area contributed by atoms with Crippen LogP contribution in [0.5, 0.6) is 0 Å². The van der Waals surface area contributed by atoms with Crippen LogP contribution in [0.15, 0.2) is 12.1 Å². The van der Waals surface area contributed by atoms with Gasteiger partial charge in [0.2, 0.25) is 0 Å². The third-order valence-corrected chi connectivity index (χ3v) is 2.37. The van der Waals surface area contributed by atoms with E-state index in [-0.39, 0.29) is 11.3 Å². The van der Waals surface area contributed by atoms with Crippen LogP contribution in [0.25, 0.3) is 0 Å². The van der Waals surface area contributed by atoms with Crippen molar-refractivity contribution in [2.75, 3.05) is 5.73 Å². The standard InChI is InChI=1S/C10H14F2N2/c1-3-10(2,14)9-7(11)4-6(13)5-8(9)12/h4-5H,3,13-14H2,1-2H3. The van der Waals surface area contributed by atoms with Crippen LogP contribution < -0.4 is 11.5 Å². The number of rotatable bonds is 2. The van der Waals surface area contributed by atoms with Gasteiger partial charge >= 0.3 is 0 Å². The summed E-state index contributed by atoms with van der Waals surface area (Å²) in [4.78, 5) is 0. The molecule has 0 aliphatic rings. The fraction of sp³-hybridized carbons (Fsp3) is 0.400. The number of benzene rings is 1. The molecule has 2 nitrogen and oxygen atoms in total. The molecule has 0 saturated heterocycles. The van der Waals surface area contributed by atoms with E-state index in [2.05, 4.69) is 0 Å². The van der Waals surface area contributed by atoms with Gasteiger partial charge in [-0.25, -0.2) is 8.78 Å². The molecule has 4 N–H and O–H groups in total. The van der Waals surface area contributed by atoms with Crippen molar-refractivity contribution in [2.24, 2.45) is 5.73 Å². The lowest BCUT2D eigenvalue weighted by Crippen LogP contribution is -2.34. The first-order chi connectivity index (χ1) is 6.38. The van der Waals surface area contributed by atoms with Gasteiger partial charge in [0.1, 0.15) is 11.6 Å². The highest BCUT2D eigenvalue weighted by Gasteiger charge is 2.26. The fourth-order valence-electron chi connectivity index (χ4n) is 1.32. The number of nitrogen functional groups attached to an aromatic ring is 1. The van der Waals surface area contributed by atoms with Gasteiger partial charge in [-0.15, -0.1) is 0 Å². The second-order valence-corrected chi connectivity index (χ2v) is 3.63. The van der Waals surface area contributed by atoms with Gasteiger partial charge < -0.3 is 11.5 Å². The molecular weight excluding hydrogens is 186 g/mol. The van der Waals surface area contributed by atoms with Crippen molar-refractivity contribution in [1.29, 1.82) is 0 Å². The lowest BCUT2D eigenvalue weighted by Gasteiger charge is -2.24. The van der Waals surface area contributed by atoms with Crippen molar-refractivity contribution in [3.8, 4) is 0 Å². The molecule has 1 aromatic rings. The number of hydrogen-bond acceptors (Lipinski definition) is 2. The molecule has 1 rings (SSSR count). The Labute approximate surface area is 81.9 Å². The Bertz CT molecular complexity index is 325. The van der Waals surface area contributed by atoms with E-state index in [1.807, 2.05) is 0 Å². The van der Waals surface area contributed by atoms with Gasteiger partial charge in [-0.05, 0) is 25.5 Å². The van der Waals surface area contributed by atoms with Crippen molar-refractivity contribution >= 4 is 5.69 Å². The number of nitrogens with two attached hydrogens (primary N) is 2. The van der Waals surface area contributed by atoms with Crippen molar-refractivity contribution in [3.63, 3.8) is 0 Å². The van der Waals surface area contributed by atoms with Gasteiger partial charge in [-0.1, -0.05) is 6.92 Å². The summed E-state index contributed by atoms with van der Waals surface area (Å²) in [6.45, 7) is 3.36. The summed E-state index contributed by atoms with van der Waals surface area (Å²) < 4.78 is 26.8. The summed E-state index contributed by atoms with van der Waals surface area (Å²) in [6.07, 6.45) is 0.449. The van der Waals surface area contributed by atoms with Crippen LogP contribution in [0.2, 0.25) is 0 Å². The average Bonchev–Trinajstić information content (AvgIpc) is 2.01. The molecule has 1 aromatic carbocycles. The Balaban J connectivity index is 3.35. The molecule has 0 fully saturated rings. The number of halogens is 2. The van der Waals surface area contributed by atoms with Crippen molar-refractivity contribution in [3.05, 3.63) is 29.3 Å². The molecule has 4 heteroatoms. The highest BCUT2D eigenvalue weighted by Crippen LogP contribution is 2.28. The largest absolute Gasteiger partial charge is 0.399 e. The minimum atomic E-state index is -0.998. The van der Waals surface area contributed by atoms with Crippen molar-refractivity contribution in [1.82, 2.24) is 0 Å². The Hall–Kier alpha value is -1.16. The predicted molar refractivity (Wildman–Crippen MR) is 52.6 cm³/mol. The Morgan fingerprint density at radius 1 is 1.29 bits per heavy atom. The molecule has 1 atom stereocenters. The first kappa shape index (κ1) is 10.9.